The van der Waals surface area contributed by atoms with Crippen LogP contribution < -0.4 is 0 Å². The van der Waals surface area contributed by atoms with E-state index in [2.05, 4.69) is 72.9 Å². The van der Waals surface area contributed by atoms with Gasteiger partial charge in [0.1, 0.15) is 0 Å². The van der Waals surface area contributed by atoms with Crippen LogP contribution in [0.15, 0.2) is 72.9 Å². The highest BCUT2D eigenvalue weighted by atomic mass is 14.4. The molecule has 0 saturated heterocycles. The van der Waals surface area contributed by atoms with Crippen molar-refractivity contribution in [1.82, 2.24) is 0 Å². The minimum Gasteiger partial charge on any atom is -0.0807 e. The van der Waals surface area contributed by atoms with Crippen molar-refractivity contribution < 1.29 is 0 Å². The molecule has 0 radical (unpaired) electrons. The van der Waals surface area contributed by atoms with Crippen molar-refractivity contribution in [2.24, 2.45) is 11.8 Å². The maximum absolute atomic E-state index is 2.45. The number of rotatable bonds is 2. The number of fused-ring (bicyclic) bond motifs is 1. The summed E-state index contributed by atoms with van der Waals surface area (Å²) in [7, 11) is 0. The van der Waals surface area contributed by atoms with Crippen LogP contribution in [0.2, 0.25) is 0 Å². The fourth-order valence-electron chi connectivity index (χ4n) is 3.00. The summed E-state index contributed by atoms with van der Waals surface area (Å²) in [4.78, 5) is 0. The Kier molecular flexibility index (Phi) is 7.06. The van der Waals surface area contributed by atoms with E-state index in [-0.39, 0.29) is 0 Å². The number of hydrogen-bond donors (Lipinski definition) is 0. The van der Waals surface area contributed by atoms with Gasteiger partial charge in [0.05, 0.1) is 0 Å². The van der Waals surface area contributed by atoms with Gasteiger partial charge in [-0.15, -0.1) is 0 Å². The van der Waals surface area contributed by atoms with Crippen molar-refractivity contribution >= 4 is 11.1 Å². The fourth-order valence-corrected chi connectivity index (χ4v) is 3.00. The molecule has 0 nitrogen and oxygen atoms in total. The lowest BCUT2D eigenvalue weighted by atomic mass is 9.95. The van der Waals surface area contributed by atoms with E-state index in [1.165, 1.54) is 28.7 Å². The van der Waals surface area contributed by atoms with Gasteiger partial charge in [-0.2, -0.15) is 0 Å². The molecule has 1 aromatic rings. The average molecular weight is 319 g/mol. The molecule has 0 aromatic heterocycles. The Bertz CT molecular complexity index is 680. The molecule has 4 rings (SSSR count). The van der Waals surface area contributed by atoms with Gasteiger partial charge in [0, 0.05) is 0 Å². The zero-order chi connectivity index (χ0) is 17.4. The van der Waals surface area contributed by atoms with E-state index in [1.807, 2.05) is 27.7 Å². The molecule has 3 aliphatic carbocycles. The molecule has 24 heavy (non-hydrogen) atoms. The Morgan fingerprint density at radius 2 is 1.58 bits per heavy atom. The monoisotopic (exact) mass is 318 g/mol. The van der Waals surface area contributed by atoms with Gasteiger partial charge in [-0.05, 0) is 53.0 Å². The van der Waals surface area contributed by atoms with Gasteiger partial charge in [0.2, 0.25) is 0 Å². The van der Waals surface area contributed by atoms with E-state index in [9.17, 15) is 0 Å². The first-order chi connectivity index (χ1) is 11.9. The quantitative estimate of drug-likeness (QED) is 0.539. The normalized spacial score (nSPS) is 22.7. The van der Waals surface area contributed by atoms with Gasteiger partial charge < -0.3 is 0 Å². The standard InChI is InChI=1S/C20H18.2C2H6/c1-2-4-7-15(6-3-1)16-8-5-9-17(12-16)18-10-11-19-14-20(19)13-18;2*1-2/h1,3-13,19-20H,2,14H2;2*1-2H3. The smallest absolute Gasteiger partial charge is 0.0155 e. The van der Waals surface area contributed by atoms with Gasteiger partial charge in [-0.1, -0.05) is 94.5 Å². The molecule has 0 spiro atoms. The molecule has 1 fully saturated rings. The summed E-state index contributed by atoms with van der Waals surface area (Å²) in [6.07, 6.45) is 20.5. The maximum Gasteiger partial charge on any atom is -0.0155 e. The molecule has 1 aromatic carbocycles. The van der Waals surface area contributed by atoms with Crippen molar-refractivity contribution in [3.63, 3.8) is 0 Å². The first-order valence-corrected chi connectivity index (χ1v) is 9.44. The molecular weight excluding hydrogens is 288 g/mol. The van der Waals surface area contributed by atoms with Crippen LogP contribution in [0.5, 0.6) is 0 Å². The summed E-state index contributed by atoms with van der Waals surface area (Å²) in [6, 6.07) is 8.90. The molecule has 2 unspecified atom stereocenters. The van der Waals surface area contributed by atoms with Gasteiger partial charge in [-0.25, -0.2) is 0 Å². The van der Waals surface area contributed by atoms with Gasteiger partial charge >= 0.3 is 0 Å². The summed E-state index contributed by atoms with van der Waals surface area (Å²) in [6.45, 7) is 8.00. The van der Waals surface area contributed by atoms with E-state index in [4.69, 9.17) is 0 Å². The lowest BCUT2D eigenvalue weighted by Crippen LogP contribution is -1.90. The summed E-state index contributed by atoms with van der Waals surface area (Å²) >= 11 is 0. The third kappa shape index (κ3) is 4.47. The SMILES string of the molecule is C1=CCC=CC(c2cccc(C3=CC4CC4C=C3)c2)=C1.CC.CC. The van der Waals surface area contributed by atoms with Crippen molar-refractivity contribution in [2.75, 3.05) is 0 Å². The molecule has 0 heterocycles. The minimum atomic E-state index is 0.804. The summed E-state index contributed by atoms with van der Waals surface area (Å²) < 4.78 is 0. The van der Waals surface area contributed by atoms with Crippen LogP contribution in [0.3, 0.4) is 0 Å². The van der Waals surface area contributed by atoms with Gasteiger partial charge in [0.25, 0.3) is 0 Å². The van der Waals surface area contributed by atoms with Crippen molar-refractivity contribution in [3.8, 4) is 0 Å². The predicted molar refractivity (Wildman–Crippen MR) is 109 cm³/mol. The Labute approximate surface area is 148 Å². The van der Waals surface area contributed by atoms with Crippen LogP contribution in [0.1, 0.15) is 51.7 Å². The molecule has 3 aliphatic rings. The average Bonchev–Trinajstić information content (AvgIpc) is 3.48. The molecule has 0 bridgehead atoms. The van der Waals surface area contributed by atoms with Gasteiger partial charge in [-0.3, -0.25) is 0 Å². The molecule has 126 valence electrons. The van der Waals surface area contributed by atoms with E-state index in [1.54, 1.807) is 0 Å². The molecule has 2 atom stereocenters. The topological polar surface area (TPSA) is 0 Å². The van der Waals surface area contributed by atoms with E-state index in [0.29, 0.717) is 0 Å². The summed E-state index contributed by atoms with van der Waals surface area (Å²) in [5.74, 6) is 1.64. The highest BCUT2D eigenvalue weighted by Gasteiger charge is 2.34. The van der Waals surface area contributed by atoms with E-state index < -0.39 is 0 Å². The van der Waals surface area contributed by atoms with E-state index in [0.717, 1.165) is 18.3 Å². The van der Waals surface area contributed by atoms with Crippen LogP contribution in [-0.4, -0.2) is 0 Å². The number of hydrogen-bond acceptors (Lipinski definition) is 0. The highest BCUT2D eigenvalue weighted by Crippen LogP contribution is 2.46. The zero-order valence-electron chi connectivity index (χ0n) is 15.5. The first kappa shape index (κ1) is 18.3. The van der Waals surface area contributed by atoms with Crippen LogP contribution in [0.4, 0.5) is 0 Å². The van der Waals surface area contributed by atoms with Crippen molar-refractivity contribution in [2.45, 2.75) is 40.5 Å². The molecule has 0 aliphatic heterocycles. The van der Waals surface area contributed by atoms with Crippen molar-refractivity contribution in [1.29, 1.82) is 0 Å². The Morgan fingerprint density at radius 3 is 2.33 bits per heavy atom. The summed E-state index contributed by atoms with van der Waals surface area (Å²) in [5.41, 5.74) is 5.33. The fraction of sp³-hybridized carbons (Fsp3) is 0.333. The molecular formula is C24H30. The second-order valence-corrected chi connectivity index (χ2v) is 5.81. The lowest BCUT2D eigenvalue weighted by Gasteiger charge is -2.09. The molecule has 0 N–H and O–H groups in total. The minimum absolute atomic E-state index is 0.804. The van der Waals surface area contributed by atoms with Crippen LogP contribution in [-0.2, 0) is 0 Å². The van der Waals surface area contributed by atoms with E-state index >= 15 is 0 Å². The second-order valence-electron chi connectivity index (χ2n) is 5.81. The molecule has 0 amide bonds. The second kappa shape index (κ2) is 9.27. The molecule has 1 saturated carbocycles. The Balaban J connectivity index is 0.000000487. The van der Waals surface area contributed by atoms with Crippen LogP contribution in [0, 0.1) is 11.8 Å². The van der Waals surface area contributed by atoms with Crippen LogP contribution >= 0.6 is 0 Å². The first-order valence-electron chi connectivity index (χ1n) is 9.44. The predicted octanol–water partition coefficient (Wildman–Crippen LogP) is 7.23. The number of allylic oxidation sites excluding steroid dienone is 10. The zero-order valence-corrected chi connectivity index (χ0v) is 15.5. The third-order valence-corrected chi connectivity index (χ3v) is 4.32. The highest BCUT2D eigenvalue weighted by molar-refractivity contribution is 5.81. The Morgan fingerprint density at radius 1 is 0.833 bits per heavy atom. The number of benzene rings is 1. The summed E-state index contributed by atoms with van der Waals surface area (Å²) in [5, 5.41) is 0. The third-order valence-electron chi connectivity index (χ3n) is 4.32. The molecule has 0 heteroatoms. The van der Waals surface area contributed by atoms with Gasteiger partial charge in [0.15, 0.2) is 0 Å². The Hall–Kier alpha value is -2.08. The largest absolute Gasteiger partial charge is 0.0807 e. The maximum atomic E-state index is 2.45. The van der Waals surface area contributed by atoms with Crippen LogP contribution in [0.25, 0.3) is 11.1 Å². The van der Waals surface area contributed by atoms with Crippen molar-refractivity contribution in [3.05, 3.63) is 84.0 Å². The lowest BCUT2D eigenvalue weighted by molar-refractivity contribution is 0.985.